The SMILES string of the molecule is CCCCCCCCNC(=O)[C@@H](N)Cc1ccc(OP2(=O)CO[C@@H](Cn3cnc4c(N)ncnc43)CO2)cc1. The molecule has 0 aliphatic carbocycles. The van der Waals surface area contributed by atoms with Gasteiger partial charge < -0.3 is 30.6 Å². The van der Waals surface area contributed by atoms with Crippen LogP contribution in [0.2, 0.25) is 0 Å². The Morgan fingerprint density at radius 3 is 2.69 bits per heavy atom. The van der Waals surface area contributed by atoms with Gasteiger partial charge in [-0.15, -0.1) is 0 Å². The molecule has 1 aliphatic rings. The standard InChI is InChI=1S/C26H38N7O5P/c1-2-3-4-5-6-7-12-29-26(34)22(27)13-19-8-10-20(11-9-19)38-39(35)18-36-21(15-37-39)14-33-17-32-23-24(28)30-16-31-25(23)33/h8-11,16-17,21-22H,2-7,12-15,18,27H2,1H3,(H,29,34)(H2,28,30,31)/t21-,22-,39?/m0/s1. The summed E-state index contributed by atoms with van der Waals surface area (Å²) in [6.07, 6.45) is 9.83. The zero-order chi connectivity index (χ0) is 27.7. The molecule has 4 rings (SSSR count). The molecule has 1 fully saturated rings. The van der Waals surface area contributed by atoms with Crippen LogP contribution >= 0.6 is 7.60 Å². The van der Waals surface area contributed by atoms with Crippen molar-refractivity contribution in [2.75, 3.05) is 25.2 Å². The number of aromatic nitrogens is 4. The minimum Gasteiger partial charge on any atom is -0.423 e. The van der Waals surface area contributed by atoms with Crippen LogP contribution in [0.25, 0.3) is 11.2 Å². The lowest BCUT2D eigenvalue weighted by molar-refractivity contribution is -0.122. The summed E-state index contributed by atoms with van der Waals surface area (Å²) in [6, 6.07) is 6.33. The summed E-state index contributed by atoms with van der Waals surface area (Å²) < 4.78 is 31.9. The summed E-state index contributed by atoms with van der Waals surface area (Å²) in [7, 11) is -3.48. The fourth-order valence-corrected chi connectivity index (χ4v) is 5.74. The van der Waals surface area contributed by atoms with Gasteiger partial charge >= 0.3 is 7.60 Å². The third kappa shape index (κ3) is 8.22. The monoisotopic (exact) mass is 559 g/mol. The van der Waals surface area contributed by atoms with Crippen molar-refractivity contribution in [2.24, 2.45) is 5.73 Å². The lowest BCUT2D eigenvalue weighted by atomic mass is 10.1. The lowest BCUT2D eigenvalue weighted by Crippen LogP contribution is -2.42. The second kappa shape index (κ2) is 13.8. The van der Waals surface area contributed by atoms with Gasteiger partial charge in [0, 0.05) is 6.54 Å². The van der Waals surface area contributed by atoms with E-state index < -0.39 is 13.6 Å². The number of unbranched alkanes of at least 4 members (excludes halogenated alkanes) is 5. The predicted octanol–water partition coefficient (Wildman–Crippen LogP) is 3.40. The van der Waals surface area contributed by atoms with Gasteiger partial charge in [-0.05, 0) is 30.5 Å². The Morgan fingerprint density at radius 1 is 1.18 bits per heavy atom. The number of benzene rings is 1. The van der Waals surface area contributed by atoms with Crippen LogP contribution in [0, 0.1) is 0 Å². The highest BCUT2D eigenvalue weighted by molar-refractivity contribution is 7.54. The minimum atomic E-state index is -3.48. The number of hydrogen-bond donors (Lipinski definition) is 3. The van der Waals surface area contributed by atoms with Crippen LogP contribution in [0.5, 0.6) is 5.75 Å². The first-order chi connectivity index (χ1) is 18.9. The first-order valence-corrected chi connectivity index (χ1v) is 15.2. The average Bonchev–Trinajstić information content (AvgIpc) is 3.34. The molecular weight excluding hydrogens is 521 g/mol. The van der Waals surface area contributed by atoms with Crippen LogP contribution in [0.3, 0.4) is 0 Å². The van der Waals surface area contributed by atoms with E-state index in [0.717, 1.165) is 18.4 Å². The van der Waals surface area contributed by atoms with E-state index >= 15 is 0 Å². The van der Waals surface area contributed by atoms with Gasteiger partial charge in [0.05, 0.1) is 25.5 Å². The van der Waals surface area contributed by atoms with E-state index in [1.54, 1.807) is 35.2 Å². The summed E-state index contributed by atoms with van der Waals surface area (Å²) in [5.41, 5.74) is 13.9. The molecule has 3 heterocycles. The molecule has 0 bridgehead atoms. The maximum Gasteiger partial charge on any atom is 0.404 e. The van der Waals surface area contributed by atoms with E-state index in [4.69, 9.17) is 25.3 Å². The highest BCUT2D eigenvalue weighted by Crippen LogP contribution is 2.51. The van der Waals surface area contributed by atoms with Crippen molar-refractivity contribution in [3.63, 3.8) is 0 Å². The van der Waals surface area contributed by atoms with Gasteiger partial charge in [0.2, 0.25) is 5.91 Å². The van der Waals surface area contributed by atoms with E-state index in [9.17, 15) is 9.36 Å². The van der Waals surface area contributed by atoms with Crippen LogP contribution in [-0.4, -0.2) is 57.1 Å². The van der Waals surface area contributed by atoms with Gasteiger partial charge in [-0.1, -0.05) is 51.2 Å². The number of carbonyl (C=O) groups is 1. The normalized spacial score (nSPS) is 20.1. The molecule has 0 spiro atoms. The number of nitrogens with zero attached hydrogens (tertiary/aromatic N) is 4. The van der Waals surface area contributed by atoms with Crippen molar-refractivity contribution >= 4 is 30.5 Å². The van der Waals surface area contributed by atoms with Gasteiger partial charge in [-0.25, -0.2) is 19.5 Å². The van der Waals surface area contributed by atoms with E-state index in [1.165, 1.54) is 32.0 Å². The number of rotatable bonds is 14. The maximum atomic E-state index is 13.1. The largest absolute Gasteiger partial charge is 0.423 e. The van der Waals surface area contributed by atoms with Crippen LogP contribution in [-0.2, 0) is 31.6 Å². The summed E-state index contributed by atoms with van der Waals surface area (Å²) in [5, 5.41) is 2.92. The highest BCUT2D eigenvalue weighted by atomic mass is 31.2. The minimum absolute atomic E-state index is 0.0817. The molecule has 3 aromatic rings. The third-order valence-electron chi connectivity index (χ3n) is 6.55. The molecule has 3 atom stereocenters. The van der Waals surface area contributed by atoms with Crippen molar-refractivity contribution in [1.29, 1.82) is 0 Å². The zero-order valence-electron chi connectivity index (χ0n) is 22.3. The van der Waals surface area contributed by atoms with Crippen molar-refractivity contribution in [1.82, 2.24) is 24.8 Å². The first-order valence-electron chi connectivity index (χ1n) is 13.4. The van der Waals surface area contributed by atoms with Gasteiger partial charge in [0.1, 0.15) is 23.7 Å². The molecule has 5 N–H and O–H groups in total. The Morgan fingerprint density at radius 2 is 1.95 bits per heavy atom. The van der Waals surface area contributed by atoms with E-state index in [-0.39, 0.29) is 25.0 Å². The topological polar surface area (TPSA) is 169 Å². The van der Waals surface area contributed by atoms with Crippen molar-refractivity contribution in [3.05, 3.63) is 42.5 Å². The fourth-order valence-electron chi connectivity index (χ4n) is 4.33. The molecule has 212 valence electrons. The molecule has 39 heavy (non-hydrogen) atoms. The zero-order valence-corrected chi connectivity index (χ0v) is 23.2. The van der Waals surface area contributed by atoms with Crippen molar-refractivity contribution in [3.8, 4) is 5.75 Å². The molecule has 1 unspecified atom stereocenters. The molecule has 12 nitrogen and oxygen atoms in total. The molecule has 1 saturated heterocycles. The number of amides is 1. The van der Waals surface area contributed by atoms with Crippen molar-refractivity contribution in [2.45, 2.75) is 70.6 Å². The fraction of sp³-hybridized carbons (Fsp3) is 0.538. The number of carbonyl (C=O) groups excluding carboxylic acids is 1. The summed E-state index contributed by atoms with van der Waals surface area (Å²) in [6.45, 7) is 3.32. The first kappa shape index (κ1) is 28.9. The predicted molar refractivity (Wildman–Crippen MR) is 148 cm³/mol. The summed E-state index contributed by atoms with van der Waals surface area (Å²) in [4.78, 5) is 24.7. The van der Waals surface area contributed by atoms with Gasteiger partial charge in [-0.3, -0.25) is 9.32 Å². The Hall–Kier alpha value is -3.05. The molecule has 13 heteroatoms. The summed E-state index contributed by atoms with van der Waals surface area (Å²) >= 11 is 0. The second-order valence-electron chi connectivity index (χ2n) is 9.76. The number of ether oxygens (including phenoxy) is 1. The van der Waals surface area contributed by atoms with E-state index in [1.807, 2.05) is 0 Å². The van der Waals surface area contributed by atoms with Crippen LogP contribution < -0.4 is 21.3 Å². The molecule has 1 aromatic carbocycles. The molecule has 0 saturated carbocycles. The summed E-state index contributed by atoms with van der Waals surface area (Å²) in [5.74, 6) is 0.533. The highest BCUT2D eigenvalue weighted by Gasteiger charge is 2.35. The van der Waals surface area contributed by atoms with Crippen LogP contribution in [0.1, 0.15) is 51.0 Å². The molecular formula is C26H38N7O5P. The Labute approximate surface area is 228 Å². The number of anilines is 1. The quantitative estimate of drug-likeness (QED) is 0.196. The maximum absolute atomic E-state index is 13.1. The van der Waals surface area contributed by atoms with Crippen LogP contribution in [0.4, 0.5) is 5.82 Å². The third-order valence-corrected chi connectivity index (χ3v) is 8.04. The molecule has 2 aromatic heterocycles. The number of fused-ring (bicyclic) bond motifs is 1. The van der Waals surface area contributed by atoms with Crippen molar-refractivity contribution < 1.29 is 23.1 Å². The Balaban J connectivity index is 1.19. The lowest BCUT2D eigenvalue weighted by Gasteiger charge is -2.29. The Bertz CT molecular complexity index is 1260. The second-order valence-corrected chi connectivity index (χ2v) is 11.7. The van der Waals surface area contributed by atoms with E-state index in [0.29, 0.717) is 42.2 Å². The smallest absolute Gasteiger partial charge is 0.404 e. The number of nitrogens with two attached hydrogens (primary N) is 2. The van der Waals surface area contributed by atoms with Gasteiger partial charge in [0.15, 0.2) is 17.8 Å². The molecule has 0 radical (unpaired) electrons. The number of nitrogen functional groups attached to an aromatic ring is 1. The molecule has 1 amide bonds. The van der Waals surface area contributed by atoms with Gasteiger partial charge in [-0.2, -0.15) is 0 Å². The molecule has 1 aliphatic heterocycles. The van der Waals surface area contributed by atoms with Crippen LogP contribution in [0.15, 0.2) is 36.9 Å². The average molecular weight is 560 g/mol. The van der Waals surface area contributed by atoms with E-state index in [2.05, 4.69) is 27.2 Å². The van der Waals surface area contributed by atoms with Gasteiger partial charge in [0.25, 0.3) is 0 Å². The number of hydrogen-bond acceptors (Lipinski definition) is 10. The number of imidazole rings is 1. The Kier molecular flexibility index (Phi) is 10.3. The number of nitrogens with one attached hydrogen (secondary N) is 1.